The van der Waals surface area contributed by atoms with Crippen LogP contribution in [-0.4, -0.2) is 20.5 Å². The molecule has 0 fully saturated rings. The van der Waals surface area contributed by atoms with Gasteiger partial charge in [-0.25, -0.2) is 0 Å². The fourth-order valence-electron chi connectivity index (χ4n) is 0.905. The predicted octanol–water partition coefficient (Wildman–Crippen LogP) is 1.58. The maximum absolute atomic E-state index is 5.85. The Labute approximate surface area is 92.6 Å². The zero-order valence-corrected chi connectivity index (χ0v) is 10.7. The number of nitrogens with two attached hydrogens (primary N) is 1. The van der Waals surface area contributed by atoms with Gasteiger partial charge in [0.25, 0.3) is 0 Å². The SMILES string of the molecule is Cc1ccc([Se]/C=C/C(C)(C)N)cc1. The molecule has 1 aromatic rings. The summed E-state index contributed by atoms with van der Waals surface area (Å²) in [5.41, 5.74) is 6.97. The van der Waals surface area contributed by atoms with Gasteiger partial charge in [0, 0.05) is 0 Å². The molecular formula is C12H17NSe. The summed E-state index contributed by atoms with van der Waals surface area (Å²) >= 11 is 0.407. The molecule has 2 N–H and O–H groups in total. The molecule has 0 spiro atoms. The van der Waals surface area contributed by atoms with Crippen molar-refractivity contribution in [2.75, 3.05) is 0 Å². The van der Waals surface area contributed by atoms with Crippen LogP contribution in [-0.2, 0) is 0 Å². The molecule has 1 rings (SSSR count). The van der Waals surface area contributed by atoms with Crippen molar-refractivity contribution < 1.29 is 0 Å². The monoisotopic (exact) mass is 255 g/mol. The van der Waals surface area contributed by atoms with Gasteiger partial charge >= 0.3 is 92.3 Å². The topological polar surface area (TPSA) is 26.0 Å². The third kappa shape index (κ3) is 4.61. The average Bonchev–Trinajstić information content (AvgIpc) is 2.06. The molecule has 0 saturated heterocycles. The summed E-state index contributed by atoms with van der Waals surface area (Å²) in [5, 5.41) is 0. The van der Waals surface area contributed by atoms with Gasteiger partial charge in [0.2, 0.25) is 0 Å². The molecule has 0 aliphatic carbocycles. The minimum atomic E-state index is -0.188. The van der Waals surface area contributed by atoms with E-state index in [0.717, 1.165) is 0 Å². The molecule has 2 heteroatoms. The van der Waals surface area contributed by atoms with Gasteiger partial charge in [0.1, 0.15) is 0 Å². The van der Waals surface area contributed by atoms with Crippen LogP contribution in [0.2, 0.25) is 0 Å². The first-order valence-corrected chi connectivity index (χ1v) is 6.52. The summed E-state index contributed by atoms with van der Waals surface area (Å²) in [4.78, 5) is 2.19. The summed E-state index contributed by atoms with van der Waals surface area (Å²) in [6.45, 7) is 6.12. The molecular weight excluding hydrogens is 237 g/mol. The first-order chi connectivity index (χ1) is 6.47. The Morgan fingerprint density at radius 2 is 1.79 bits per heavy atom. The van der Waals surface area contributed by atoms with Crippen LogP contribution >= 0.6 is 0 Å². The molecule has 1 nitrogen and oxygen atoms in total. The number of benzene rings is 1. The standard InChI is InChI=1S/C12H17NSe/c1-10-4-6-11(7-5-10)14-9-8-12(2,3)13/h4-9H,13H2,1-3H3/b9-8+. The number of aryl methyl sites for hydroxylation is 1. The molecule has 0 unspecified atom stereocenters. The van der Waals surface area contributed by atoms with Gasteiger partial charge in [-0.3, -0.25) is 0 Å². The Balaban J connectivity index is 2.54. The number of hydrogen-bond donors (Lipinski definition) is 1. The second-order valence-corrected chi connectivity index (χ2v) is 6.11. The molecule has 0 bridgehead atoms. The van der Waals surface area contributed by atoms with Crippen LogP contribution in [0.5, 0.6) is 0 Å². The van der Waals surface area contributed by atoms with E-state index in [1.807, 2.05) is 13.8 Å². The van der Waals surface area contributed by atoms with Crippen LogP contribution in [0, 0.1) is 6.92 Å². The zero-order chi connectivity index (χ0) is 10.6. The molecule has 0 saturated carbocycles. The number of rotatable bonds is 3. The van der Waals surface area contributed by atoms with Crippen molar-refractivity contribution in [3.63, 3.8) is 0 Å². The molecule has 1 aromatic carbocycles. The molecule has 76 valence electrons. The minimum absolute atomic E-state index is 0.188. The summed E-state index contributed by atoms with van der Waals surface area (Å²) < 4.78 is 1.39. The third-order valence-electron chi connectivity index (χ3n) is 1.72. The van der Waals surface area contributed by atoms with Gasteiger partial charge in [-0.05, 0) is 0 Å². The van der Waals surface area contributed by atoms with Crippen molar-refractivity contribution in [3.8, 4) is 0 Å². The Hall–Kier alpha value is -0.561. The van der Waals surface area contributed by atoms with Gasteiger partial charge in [-0.1, -0.05) is 0 Å². The van der Waals surface area contributed by atoms with E-state index in [9.17, 15) is 0 Å². The second-order valence-electron chi connectivity index (χ2n) is 4.06. The molecule has 0 aliphatic rings. The second kappa shape index (κ2) is 4.79. The summed E-state index contributed by atoms with van der Waals surface area (Å²) in [5.74, 6) is 0. The van der Waals surface area contributed by atoms with Crippen LogP contribution < -0.4 is 10.2 Å². The van der Waals surface area contributed by atoms with Gasteiger partial charge in [0.05, 0.1) is 0 Å². The Morgan fingerprint density at radius 1 is 1.21 bits per heavy atom. The molecule has 0 heterocycles. The van der Waals surface area contributed by atoms with E-state index in [0.29, 0.717) is 15.0 Å². The fraction of sp³-hybridized carbons (Fsp3) is 0.333. The van der Waals surface area contributed by atoms with Crippen LogP contribution in [0.1, 0.15) is 19.4 Å². The summed E-state index contributed by atoms with van der Waals surface area (Å²) in [7, 11) is 0. The quantitative estimate of drug-likeness (QED) is 0.814. The first kappa shape index (κ1) is 11.5. The van der Waals surface area contributed by atoms with Crippen molar-refractivity contribution >= 4 is 19.4 Å². The van der Waals surface area contributed by atoms with Crippen molar-refractivity contribution in [2.45, 2.75) is 26.3 Å². The molecule has 14 heavy (non-hydrogen) atoms. The van der Waals surface area contributed by atoms with Crippen LogP contribution in [0.3, 0.4) is 0 Å². The van der Waals surface area contributed by atoms with E-state index < -0.39 is 0 Å². The number of hydrogen-bond acceptors (Lipinski definition) is 1. The fourth-order valence-corrected chi connectivity index (χ4v) is 2.73. The van der Waals surface area contributed by atoms with Crippen LogP contribution in [0.4, 0.5) is 0 Å². The van der Waals surface area contributed by atoms with Gasteiger partial charge < -0.3 is 0 Å². The van der Waals surface area contributed by atoms with Crippen molar-refractivity contribution in [1.82, 2.24) is 0 Å². The normalized spacial score (nSPS) is 12.3. The summed E-state index contributed by atoms with van der Waals surface area (Å²) in [6, 6.07) is 8.67. The van der Waals surface area contributed by atoms with Gasteiger partial charge in [0.15, 0.2) is 0 Å². The Kier molecular flexibility index (Phi) is 3.94. The summed E-state index contributed by atoms with van der Waals surface area (Å²) in [6.07, 6.45) is 2.08. The van der Waals surface area contributed by atoms with E-state index in [1.54, 1.807) is 0 Å². The van der Waals surface area contributed by atoms with Gasteiger partial charge in [-0.15, -0.1) is 0 Å². The third-order valence-corrected chi connectivity index (χ3v) is 3.44. The Bertz CT molecular complexity index is 306. The molecule has 0 amide bonds. The van der Waals surface area contributed by atoms with Crippen LogP contribution in [0.25, 0.3) is 0 Å². The molecule has 0 aliphatic heterocycles. The van der Waals surface area contributed by atoms with Gasteiger partial charge in [-0.2, -0.15) is 0 Å². The predicted molar refractivity (Wildman–Crippen MR) is 64.0 cm³/mol. The van der Waals surface area contributed by atoms with Crippen LogP contribution in [0.15, 0.2) is 35.3 Å². The zero-order valence-electron chi connectivity index (χ0n) is 8.95. The first-order valence-electron chi connectivity index (χ1n) is 4.67. The van der Waals surface area contributed by atoms with E-state index >= 15 is 0 Å². The Morgan fingerprint density at radius 3 is 2.29 bits per heavy atom. The molecule has 0 aromatic heterocycles. The van der Waals surface area contributed by atoms with E-state index in [4.69, 9.17) is 5.73 Å². The van der Waals surface area contributed by atoms with E-state index in [1.165, 1.54) is 10.0 Å². The molecule has 0 atom stereocenters. The maximum atomic E-state index is 5.85. The van der Waals surface area contributed by atoms with Crippen molar-refractivity contribution in [3.05, 3.63) is 40.9 Å². The van der Waals surface area contributed by atoms with Crippen molar-refractivity contribution in [1.29, 1.82) is 0 Å². The van der Waals surface area contributed by atoms with E-state index in [2.05, 4.69) is 42.2 Å². The molecule has 0 radical (unpaired) electrons. The van der Waals surface area contributed by atoms with Crippen molar-refractivity contribution in [2.24, 2.45) is 5.73 Å². The van der Waals surface area contributed by atoms with E-state index in [-0.39, 0.29) is 5.54 Å². The average molecular weight is 254 g/mol.